The number of nitrogens with zero attached hydrogens (tertiary/aromatic N) is 3. The van der Waals surface area contributed by atoms with Crippen LogP contribution < -0.4 is 15.1 Å². The van der Waals surface area contributed by atoms with E-state index in [-0.39, 0.29) is 5.91 Å². The molecule has 0 atom stereocenters. The fourth-order valence-corrected chi connectivity index (χ4v) is 4.54. The average Bonchev–Trinajstić information content (AvgIpc) is 3.26. The summed E-state index contributed by atoms with van der Waals surface area (Å²) in [5.41, 5.74) is 3.50. The fraction of sp³-hybridized carbons (Fsp3) is 0.474. The molecular formula is C19H24N4O2S. The lowest BCUT2D eigenvalue weighted by Crippen LogP contribution is -2.36. The SMILES string of the molecule is Cc1nc(N2CCOCC2)sc1C(=O)NCCN1CCc2ccccc21. The van der Waals surface area contributed by atoms with E-state index in [1.165, 1.54) is 22.6 Å². The predicted octanol–water partition coefficient (Wildman–Crippen LogP) is 2.08. The Balaban J connectivity index is 1.33. The molecule has 1 aromatic carbocycles. The Labute approximate surface area is 157 Å². The maximum atomic E-state index is 12.6. The summed E-state index contributed by atoms with van der Waals surface area (Å²) in [5.74, 6) is -0.0213. The molecule has 1 fully saturated rings. The van der Waals surface area contributed by atoms with E-state index in [0.29, 0.717) is 11.4 Å². The number of para-hydroxylation sites is 1. The van der Waals surface area contributed by atoms with E-state index in [1.54, 1.807) is 0 Å². The molecule has 0 saturated carbocycles. The van der Waals surface area contributed by atoms with Crippen molar-refractivity contribution in [3.8, 4) is 0 Å². The third-order valence-electron chi connectivity index (χ3n) is 4.92. The summed E-state index contributed by atoms with van der Waals surface area (Å²) in [6, 6.07) is 8.50. The summed E-state index contributed by atoms with van der Waals surface area (Å²) in [6.45, 7) is 7.51. The van der Waals surface area contributed by atoms with E-state index in [4.69, 9.17) is 4.74 Å². The summed E-state index contributed by atoms with van der Waals surface area (Å²) < 4.78 is 5.38. The van der Waals surface area contributed by atoms with Crippen molar-refractivity contribution in [3.05, 3.63) is 40.4 Å². The minimum Gasteiger partial charge on any atom is -0.378 e. The summed E-state index contributed by atoms with van der Waals surface area (Å²) in [5, 5.41) is 3.98. The largest absolute Gasteiger partial charge is 0.378 e. The Kier molecular flexibility index (Phi) is 5.08. The van der Waals surface area contributed by atoms with Crippen LogP contribution in [-0.4, -0.2) is 56.8 Å². The smallest absolute Gasteiger partial charge is 0.263 e. The second-order valence-electron chi connectivity index (χ2n) is 6.63. The molecule has 0 spiro atoms. The molecule has 1 amide bonds. The van der Waals surface area contributed by atoms with E-state index in [0.717, 1.165) is 56.6 Å². The first-order chi connectivity index (χ1) is 12.7. The maximum Gasteiger partial charge on any atom is 0.263 e. The zero-order chi connectivity index (χ0) is 17.9. The first-order valence-electron chi connectivity index (χ1n) is 9.13. The number of carbonyl (C=O) groups is 1. The number of hydrogen-bond acceptors (Lipinski definition) is 6. The fourth-order valence-electron chi connectivity index (χ4n) is 3.51. The summed E-state index contributed by atoms with van der Waals surface area (Å²) in [4.78, 5) is 22.4. The number of hydrogen-bond donors (Lipinski definition) is 1. The number of amides is 1. The first-order valence-corrected chi connectivity index (χ1v) is 9.95. The number of rotatable bonds is 5. The van der Waals surface area contributed by atoms with Crippen LogP contribution in [0, 0.1) is 6.92 Å². The van der Waals surface area contributed by atoms with Crippen molar-refractivity contribution in [1.82, 2.24) is 10.3 Å². The van der Waals surface area contributed by atoms with Crippen LogP contribution in [0.5, 0.6) is 0 Å². The molecule has 3 heterocycles. The van der Waals surface area contributed by atoms with E-state index in [2.05, 4.69) is 44.4 Å². The minimum atomic E-state index is -0.0213. The molecule has 1 aromatic heterocycles. The van der Waals surface area contributed by atoms with Gasteiger partial charge in [-0.1, -0.05) is 29.5 Å². The highest BCUT2D eigenvalue weighted by Gasteiger charge is 2.21. The first kappa shape index (κ1) is 17.3. The van der Waals surface area contributed by atoms with Gasteiger partial charge in [-0.25, -0.2) is 4.98 Å². The number of fused-ring (bicyclic) bond motifs is 1. The lowest BCUT2D eigenvalue weighted by atomic mass is 10.2. The molecule has 1 N–H and O–H groups in total. The number of thiazole rings is 1. The topological polar surface area (TPSA) is 57.7 Å². The minimum absolute atomic E-state index is 0.0213. The lowest BCUT2D eigenvalue weighted by molar-refractivity contribution is 0.0958. The number of aryl methyl sites for hydroxylation is 1. The Morgan fingerprint density at radius 1 is 1.27 bits per heavy atom. The van der Waals surface area contributed by atoms with Gasteiger partial charge in [-0.3, -0.25) is 4.79 Å². The number of morpholine rings is 1. The van der Waals surface area contributed by atoms with Crippen molar-refractivity contribution < 1.29 is 9.53 Å². The number of aromatic nitrogens is 1. The van der Waals surface area contributed by atoms with Gasteiger partial charge in [0.25, 0.3) is 5.91 Å². The van der Waals surface area contributed by atoms with Crippen LogP contribution in [0.15, 0.2) is 24.3 Å². The monoisotopic (exact) mass is 372 g/mol. The van der Waals surface area contributed by atoms with E-state index < -0.39 is 0 Å². The van der Waals surface area contributed by atoms with Gasteiger partial charge in [0.2, 0.25) is 0 Å². The van der Waals surface area contributed by atoms with Gasteiger partial charge in [0.1, 0.15) is 4.88 Å². The Morgan fingerprint density at radius 2 is 2.08 bits per heavy atom. The molecule has 0 bridgehead atoms. The molecule has 2 aromatic rings. The van der Waals surface area contributed by atoms with Gasteiger partial charge in [-0.15, -0.1) is 0 Å². The summed E-state index contributed by atoms with van der Waals surface area (Å²) >= 11 is 1.48. The zero-order valence-electron chi connectivity index (χ0n) is 15.0. The van der Waals surface area contributed by atoms with Crippen molar-refractivity contribution in [1.29, 1.82) is 0 Å². The van der Waals surface area contributed by atoms with Gasteiger partial charge in [0, 0.05) is 38.4 Å². The molecule has 2 aliphatic rings. The van der Waals surface area contributed by atoms with Crippen molar-refractivity contribution in [2.45, 2.75) is 13.3 Å². The van der Waals surface area contributed by atoms with Gasteiger partial charge in [-0.05, 0) is 25.0 Å². The third-order valence-corrected chi connectivity index (χ3v) is 6.14. The van der Waals surface area contributed by atoms with Crippen LogP contribution in [0.25, 0.3) is 0 Å². The molecule has 0 unspecified atom stereocenters. The Bertz CT molecular complexity index is 786. The highest BCUT2D eigenvalue weighted by atomic mass is 32.1. The number of carbonyl (C=O) groups excluding carboxylic acids is 1. The van der Waals surface area contributed by atoms with Crippen molar-refractivity contribution in [2.75, 3.05) is 55.7 Å². The van der Waals surface area contributed by atoms with Gasteiger partial charge in [0.15, 0.2) is 5.13 Å². The Morgan fingerprint density at radius 3 is 2.92 bits per heavy atom. The summed E-state index contributed by atoms with van der Waals surface area (Å²) in [7, 11) is 0. The quantitative estimate of drug-likeness (QED) is 0.871. The molecule has 2 aliphatic heterocycles. The van der Waals surface area contributed by atoms with Gasteiger partial charge in [-0.2, -0.15) is 0 Å². The van der Waals surface area contributed by atoms with Crippen LogP contribution in [0.2, 0.25) is 0 Å². The normalized spacial score (nSPS) is 16.7. The second kappa shape index (κ2) is 7.63. The van der Waals surface area contributed by atoms with Crippen LogP contribution in [0.3, 0.4) is 0 Å². The predicted molar refractivity (Wildman–Crippen MR) is 105 cm³/mol. The summed E-state index contributed by atoms with van der Waals surface area (Å²) in [6.07, 6.45) is 1.08. The van der Waals surface area contributed by atoms with Crippen molar-refractivity contribution >= 4 is 28.1 Å². The molecular weight excluding hydrogens is 348 g/mol. The average molecular weight is 372 g/mol. The second-order valence-corrected chi connectivity index (χ2v) is 7.61. The number of anilines is 2. The van der Waals surface area contributed by atoms with Crippen LogP contribution in [0.1, 0.15) is 20.9 Å². The number of benzene rings is 1. The van der Waals surface area contributed by atoms with Crippen LogP contribution >= 0.6 is 11.3 Å². The Hall–Kier alpha value is -2.12. The van der Waals surface area contributed by atoms with E-state index in [9.17, 15) is 4.79 Å². The van der Waals surface area contributed by atoms with E-state index >= 15 is 0 Å². The molecule has 0 aliphatic carbocycles. The molecule has 4 rings (SSSR count). The highest BCUT2D eigenvalue weighted by Crippen LogP contribution is 2.28. The molecule has 1 saturated heterocycles. The molecule has 0 radical (unpaired) electrons. The maximum absolute atomic E-state index is 12.6. The molecule has 6 nitrogen and oxygen atoms in total. The van der Waals surface area contributed by atoms with Crippen LogP contribution in [-0.2, 0) is 11.2 Å². The third kappa shape index (κ3) is 3.54. The van der Waals surface area contributed by atoms with Gasteiger partial charge in [0.05, 0.1) is 18.9 Å². The molecule has 7 heteroatoms. The zero-order valence-corrected chi connectivity index (χ0v) is 15.8. The number of ether oxygens (including phenoxy) is 1. The molecule has 138 valence electrons. The standard InChI is InChI=1S/C19H24N4O2S/c1-14-17(26-19(21-14)23-10-12-25-13-11-23)18(24)20-7-9-22-8-6-15-4-2-3-5-16(15)22/h2-5H,6-13H2,1H3,(H,20,24). The van der Waals surface area contributed by atoms with E-state index in [1.807, 2.05) is 6.92 Å². The van der Waals surface area contributed by atoms with Gasteiger partial charge < -0.3 is 19.9 Å². The highest BCUT2D eigenvalue weighted by molar-refractivity contribution is 7.17. The molecule has 26 heavy (non-hydrogen) atoms. The number of nitrogens with one attached hydrogen (secondary N) is 1. The van der Waals surface area contributed by atoms with Crippen molar-refractivity contribution in [3.63, 3.8) is 0 Å². The lowest BCUT2D eigenvalue weighted by Gasteiger charge is -2.26. The van der Waals surface area contributed by atoms with Crippen molar-refractivity contribution in [2.24, 2.45) is 0 Å². The van der Waals surface area contributed by atoms with Crippen LogP contribution in [0.4, 0.5) is 10.8 Å². The van der Waals surface area contributed by atoms with Gasteiger partial charge >= 0.3 is 0 Å².